The molecule has 3 rings (SSSR count). The molecule has 0 bridgehead atoms. The van der Waals surface area contributed by atoms with Gasteiger partial charge in [-0.1, -0.05) is 24.3 Å². The van der Waals surface area contributed by atoms with E-state index >= 15 is 0 Å². The Hall–Kier alpha value is -2.95. The Morgan fingerprint density at radius 1 is 1.17 bits per heavy atom. The first-order valence-corrected chi connectivity index (χ1v) is 7.78. The number of hydrogen-bond donors (Lipinski definition) is 0. The molecule has 0 radical (unpaired) electrons. The molecule has 24 heavy (non-hydrogen) atoms. The van der Waals surface area contributed by atoms with Crippen LogP contribution in [0.4, 0.5) is 0 Å². The van der Waals surface area contributed by atoms with Crippen LogP contribution in [0, 0.1) is 6.92 Å². The van der Waals surface area contributed by atoms with Gasteiger partial charge in [0.2, 0.25) is 11.8 Å². The number of nitrogens with zero attached hydrogens (tertiary/aromatic N) is 3. The SMILES string of the molecule is Cc1oc(-c2ccccc2)nc1CC(=O)N(C)Cc1cccnc1. The van der Waals surface area contributed by atoms with Gasteiger partial charge >= 0.3 is 0 Å². The smallest absolute Gasteiger partial charge is 0.228 e. The van der Waals surface area contributed by atoms with E-state index in [1.807, 2.05) is 49.4 Å². The van der Waals surface area contributed by atoms with Crippen molar-refractivity contribution in [3.8, 4) is 11.5 Å². The van der Waals surface area contributed by atoms with Crippen LogP contribution in [-0.2, 0) is 17.8 Å². The maximum absolute atomic E-state index is 12.4. The highest BCUT2D eigenvalue weighted by atomic mass is 16.4. The van der Waals surface area contributed by atoms with E-state index in [9.17, 15) is 4.79 Å². The number of pyridine rings is 1. The number of carbonyl (C=O) groups excluding carboxylic acids is 1. The Morgan fingerprint density at radius 2 is 1.96 bits per heavy atom. The summed E-state index contributed by atoms with van der Waals surface area (Å²) in [6.45, 7) is 2.36. The second kappa shape index (κ2) is 7.08. The van der Waals surface area contributed by atoms with Crippen molar-refractivity contribution in [3.63, 3.8) is 0 Å². The summed E-state index contributed by atoms with van der Waals surface area (Å²) < 4.78 is 5.71. The fourth-order valence-electron chi connectivity index (χ4n) is 2.43. The number of aryl methyl sites for hydroxylation is 1. The van der Waals surface area contributed by atoms with Crippen molar-refractivity contribution in [2.24, 2.45) is 0 Å². The van der Waals surface area contributed by atoms with Crippen LogP contribution in [0.2, 0.25) is 0 Å². The molecule has 3 aromatic rings. The average Bonchev–Trinajstić information content (AvgIpc) is 2.97. The fourth-order valence-corrected chi connectivity index (χ4v) is 2.43. The lowest BCUT2D eigenvalue weighted by Crippen LogP contribution is -2.28. The standard InChI is InChI=1S/C19H19N3O2/c1-14-17(21-19(24-14)16-8-4-3-5-9-16)11-18(23)22(2)13-15-7-6-10-20-12-15/h3-10,12H,11,13H2,1-2H3. The summed E-state index contributed by atoms with van der Waals surface area (Å²) in [5, 5.41) is 0. The van der Waals surface area contributed by atoms with Crippen LogP contribution >= 0.6 is 0 Å². The van der Waals surface area contributed by atoms with E-state index in [-0.39, 0.29) is 12.3 Å². The summed E-state index contributed by atoms with van der Waals surface area (Å²) >= 11 is 0. The summed E-state index contributed by atoms with van der Waals surface area (Å²) in [4.78, 5) is 22.7. The van der Waals surface area contributed by atoms with Gasteiger partial charge in [0.1, 0.15) is 5.76 Å². The van der Waals surface area contributed by atoms with E-state index in [0.717, 1.165) is 11.1 Å². The molecule has 0 aliphatic carbocycles. The van der Waals surface area contributed by atoms with E-state index in [0.29, 0.717) is 23.9 Å². The average molecular weight is 321 g/mol. The maximum Gasteiger partial charge on any atom is 0.228 e. The van der Waals surface area contributed by atoms with Gasteiger partial charge in [0.05, 0.1) is 12.1 Å². The van der Waals surface area contributed by atoms with Crippen molar-refractivity contribution in [2.45, 2.75) is 19.9 Å². The number of likely N-dealkylation sites (N-methyl/N-ethyl adjacent to an activating group) is 1. The third-order valence-electron chi connectivity index (χ3n) is 3.80. The Kier molecular flexibility index (Phi) is 4.70. The molecule has 1 aromatic carbocycles. The first-order chi connectivity index (χ1) is 11.6. The van der Waals surface area contributed by atoms with Gasteiger partial charge in [-0.05, 0) is 30.7 Å². The van der Waals surface area contributed by atoms with E-state index in [1.54, 1.807) is 24.3 Å². The minimum atomic E-state index is -0.00475. The zero-order chi connectivity index (χ0) is 16.9. The number of hydrogen-bond acceptors (Lipinski definition) is 4. The van der Waals surface area contributed by atoms with E-state index in [2.05, 4.69) is 9.97 Å². The molecule has 0 unspecified atom stereocenters. The third-order valence-corrected chi connectivity index (χ3v) is 3.80. The maximum atomic E-state index is 12.4. The van der Waals surface area contributed by atoms with Crippen molar-refractivity contribution in [2.75, 3.05) is 7.05 Å². The van der Waals surface area contributed by atoms with Gasteiger partial charge in [0.15, 0.2) is 0 Å². The summed E-state index contributed by atoms with van der Waals surface area (Å²) in [6.07, 6.45) is 3.70. The molecule has 0 aliphatic rings. The van der Waals surface area contributed by atoms with Crippen LogP contribution in [0.1, 0.15) is 17.0 Å². The summed E-state index contributed by atoms with van der Waals surface area (Å²) in [5.74, 6) is 1.22. The van der Waals surface area contributed by atoms with Crippen LogP contribution in [-0.4, -0.2) is 27.8 Å². The van der Waals surface area contributed by atoms with Crippen molar-refractivity contribution < 1.29 is 9.21 Å². The molecule has 0 saturated heterocycles. The van der Waals surface area contributed by atoms with Crippen LogP contribution < -0.4 is 0 Å². The molecule has 5 nitrogen and oxygen atoms in total. The molecule has 0 atom stereocenters. The number of oxazole rings is 1. The molecule has 5 heteroatoms. The van der Waals surface area contributed by atoms with Gasteiger partial charge in [-0.25, -0.2) is 4.98 Å². The second-order valence-corrected chi connectivity index (χ2v) is 5.68. The third kappa shape index (κ3) is 3.68. The molecule has 0 spiro atoms. The van der Waals surface area contributed by atoms with Crippen LogP contribution in [0.5, 0.6) is 0 Å². The monoisotopic (exact) mass is 321 g/mol. The zero-order valence-corrected chi connectivity index (χ0v) is 13.8. The predicted molar refractivity (Wildman–Crippen MR) is 91.1 cm³/mol. The quantitative estimate of drug-likeness (QED) is 0.724. The second-order valence-electron chi connectivity index (χ2n) is 5.68. The number of rotatable bonds is 5. The molecule has 0 fully saturated rings. The Balaban J connectivity index is 1.69. The van der Waals surface area contributed by atoms with Crippen LogP contribution in [0.25, 0.3) is 11.5 Å². The molecule has 0 aliphatic heterocycles. The van der Waals surface area contributed by atoms with Crippen molar-refractivity contribution in [1.29, 1.82) is 0 Å². The Morgan fingerprint density at radius 3 is 2.67 bits per heavy atom. The minimum absolute atomic E-state index is 0.00475. The van der Waals surface area contributed by atoms with Crippen LogP contribution in [0.15, 0.2) is 59.3 Å². The number of amides is 1. The largest absolute Gasteiger partial charge is 0.441 e. The number of aromatic nitrogens is 2. The normalized spacial score (nSPS) is 10.6. The highest BCUT2D eigenvalue weighted by Crippen LogP contribution is 2.22. The van der Waals surface area contributed by atoms with Crippen molar-refractivity contribution >= 4 is 5.91 Å². The molecule has 2 aromatic heterocycles. The van der Waals surface area contributed by atoms with E-state index in [1.165, 1.54) is 0 Å². The first kappa shape index (κ1) is 15.9. The lowest BCUT2D eigenvalue weighted by Gasteiger charge is -2.16. The molecule has 2 heterocycles. The van der Waals surface area contributed by atoms with Gasteiger partial charge in [-0.3, -0.25) is 9.78 Å². The molecule has 122 valence electrons. The topological polar surface area (TPSA) is 59.2 Å². The highest BCUT2D eigenvalue weighted by molar-refractivity contribution is 5.78. The summed E-state index contributed by atoms with van der Waals surface area (Å²) in [5.41, 5.74) is 2.58. The van der Waals surface area contributed by atoms with Gasteiger partial charge in [-0.2, -0.15) is 0 Å². The minimum Gasteiger partial charge on any atom is -0.441 e. The molecular weight excluding hydrogens is 302 g/mol. The predicted octanol–water partition coefficient (Wildman–Crippen LogP) is 3.25. The fraction of sp³-hybridized carbons (Fsp3) is 0.211. The van der Waals surface area contributed by atoms with Gasteiger partial charge < -0.3 is 9.32 Å². The van der Waals surface area contributed by atoms with Crippen molar-refractivity contribution in [3.05, 3.63) is 71.9 Å². The summed E-state index contributed by atoms with van der Waals surface area (Å²) in [6, 6.07) is 13.5. The highest BCUT2D eigenvalue weighted by Gasteiger charge is 2.17. The van der Waals surface area contributed by atoms with Gasteiger partial charge in [0, 0.05) is 31.5 Å². The van der Waals surface area contributed by atoms with E-state index < -0.39 is 0 Å². The number of benzene rings is 1. The van der Waals surface area contributed by atoms with Crippen LogP contribution in [0.3, 0.4) is 0 Å². The number of carbonyl (C=O) groups is 1. The first-order valence-electron chi connectivity index (χ1n) is 7.78. The molecular formula is C19H19N3O2. The van der Waals surface area contributed by atoms with Crippen molar-refractivity contribution in [1.82, 2.24) is 14.9 Å². The molecule has 0 saturated carbocycles. The van der Waals surface area contributed by atoms with E-state index in [4.69, 9.17) is 4.42 Å². The zero-order valence-electron chi connectivity index (χ0n) is 13.8. The lowest BCUT2D eigenvalue weighted by atomic mass is 10.2. The molecule has 1 amide bonds. The van der Waals surface area contributed by atoms with Gasteiger partial charge in [0.25, 0.3) is 0 Å². The molecule has 0 N–H and O–H groups in total. The summed E-state index contributed by atoms with van der Waals surface area (Å²) in [7, 11) is 1.78. The Bertz CT molecular complexity index is 813. The Labute approximate surface area is 141 Å². The lowest BCUT2D eigenvalue weighted by molar-refractivity contribution is -0.129. The van der Waals surface area contributed by atoms with Gasteiger partial charge in [-0.15, -0.1) is 0 Å².